The maximum absolute atomic E-state index is 6.25. The standard InChI is InChI=1S/C13H22N2OS/c1-2-5-15-6-7-16-13(10-15)12(14)9-11-4-3-8-17-11/h3-4,8,12-13H,2,5-7,9-10,14H2,1H3. The van der Waals surface area contributed by atoms with Crippen LogP contribution in [0, 0.1) is 0 Å². The lowest BCUT2D eigenvalue weighted by molar-refractivity contribution is -0.0399. The van der Waals surface area contributed by atoms with E-state index in [0.29, 0.717) is 0 Å². The molecule has 0 spiro atoms. The van der Waals surface area contributed by atoms with Gasteiger partial charge in [-0.1, -0.05) is 13.0 Å². The summed E-state index contributed by atoms with van der Waals surface area (Å²) >= 11 is 1.78. The van der Waals surface area contributed by atoms with E-state index in [-0.39, 0.29) is 12.1 Å². The van der Waals surface area contributed by atoms with Crippen LogP contribution in [0.5, 0.6) is 0 Å². The predicted molar refractivity (Wildman–Crippen MR) is 72.5 cm³/mol. The molecule has 2 rings (SSSR count). The molecular formula is C13H22N2OS. The fraction of sp³-hybridized carbons (Fsp3) is 0.692. The van der Waals surface area contributed by atoms with Crippen molar-refractivity contribution in [2.75, 3.05) is 26.2 Å². The highest BCUT2D eigenvalue weighted by Crippen LogP contribution is 2.15. The molecule has 0 amide bonds. The number of hydrogen-bond acceptors (Lipinski definition) is 4. The van der Waals surface area contributed by atoms with Crippen LogP contribution < -0.4 is 5.73 Å². The monoisotopic (exact) mass is 254 g/mol. The summed E-state index contributed by atoms with van der Waals surface area (Å²) in [5, 5.41) is 2.10. The van der Waals surface area contributed by atoms with E-state index in [0.717, 1.165) is 32.7 Å². The van der Waals surface area contributed by atoms with Crippen LogP contribution in [0.4, 0.5) is 0 Å². The first-order valence-electron chi connectivity index (χ1n) is 6.41. The predicted octanol–water partition coefficient (Wildman–Crippen LogP) is 1.73. The quantitative estimate of drug-likeness (QED) is 0.869. The molecule has 2 N–H and O–H groups in total. The van der Waals surface area contributed by atoms with Gasteiger partial charge in [-0.3, -0.25) is 4.90 Å². The van der Waals surface area contributed by atoms with Crippen molar-refractivity contribution in [1.29, 1.82) is 0 Å². The van der Waals surface area contributed by atoms with E-state index < -0.39 is 0 Å². The molecule has 96 valence electrons. The van der Waals surface area contributed by atoms with Crippen LogP contribution in [0.15, 0.2) is 17.5 Å². The Morgan fingerprint density at radius 1 is 1.65 bits per heavy atom. The maximum Gasteiger partial charge on any atom is 0.0856 e. The Bertz CT molecular complexity index is 313. The number of hydrogen-bond donors (Lipinski definition) is 1. The largest absolute Gasteiger partial charge is 0.374 e. The second-order valence-electron chi connectivity index (χ2n) is 4.66. The summed E-state index contributed by atoms with van der Waals surface area (Å²) in [6.07, 6.45) is 2.33. The average Bonchev–Trinajstić information content (AvgIpc) is 2.83. The van der Waals surface area contributed by atoms with Gasteiger partial charge >= 0.3 is 0 Å². The van der Waals surface area contributed by atoms with Gasteiger partial charge in [0.1, 0.15) is 0 Å². The van der Waals surface area contributed by atoms with Gasteiger partial charge in [-0.05, 0) is 30.8 Å². The molecule has 3 nitrogen and oxygen atoms in total. The van der Waals surface area contributed by atoms with Crippen molar-refractivity contribution >= 4 is 11.3 Å². The van der Waals surface area contributed by atoms with Crippen molar-refractivity contribution < 1.29 is 4.74 Å². The summed E-state index contributed by atoms with van der Waals surface area (Å²) in [4.78, 5) is 3.82. The number of nitrogens with zero attached hydrogens (tertiary/aromatic N) is 1. The van der Waals surface area contributed by atoms with Crippen LogP contribution in [-0.4, -0.2) is 43.3 Å². The molecule has 4 heteroatoms. The Morgan fingerprint density at radius 3 is 3.24 bits per heavy atom. The first kappa shape index (κ1) is 13.0. The zero-order chi connectivity index (χ0) is 12.1. The highest BCUT2D eigenvalue weighted by atomic mass is 32.1. The lowest BCUT2D eigenvalue weighted by atomic mass is 10.1. The van der Waals surface area contributed by atoms with Gasteiger partial charge in [0.15, 0.2) is 0 Å². The summed E-state index contributed by atoms with van der Waals surface area (Å²) in [6, 6.07) is 4.35. The molecule has 1 aromatic rings. The fourth-order valence-corrected chi connectivity index (χ4v) is 3.08. The Kier molecular flexibility index (Phi) is 4.98. The first-order valence-corrected chi connectivity index (χ1v) is 7.29. The van der Waals surface area contributed by atoms with Crippen LogP contribution >= 0.6 is 11.3 Å². The minimum absolute atomic E-state index is 0.119. The summed E-state index contributed by atoms with van der Waals surface area (Å²) in [5.41, 5.74) is 6.25. The SMILES string of the molecule is CCCN1CCOC(C(N)Cc2cccs2)C1. The minimum Gasteiger partial charge on any atom is -0.374 e. The number of thiophene rings is 1. The Labute approximate surface area is 108 Å². The normalized spacial score (nSPS) is 23.8. The summed E-state index contributed by atoms with van der Waals surface area (Å²) in [7, 11) is 0. The maximum atomic E-state index is 6.25. The number of morpholine rings is 1. The third-order valence-electron chi connectivity index (χ3n) is 3.21. The van der Waals surface area contributed by atoms with Gasteiger partial charge in [0, 0.05) is 24.0 Å². The zero-order valence-electron chi connectivity index (χ0n) is 10.5. The summed E-state index contributed by atoms with van der Waals surface area (Å²) < 4.78 is 5.80. The zero-order valence-corrected chi connectivity index (χ0v) is 11.3. The van der Waals surface area contributed by atoms with Crippen molar-refractivity contribution in [2.24, 2.45) is 5.73 Å². The number of nitrogens with two attached hydrogens (primary N) is 1. The Balaban J connectivity index is 1.84. The fourth-order valence-electron chi connectivity index (χ4n) is 2.30. The molecule has 1 aromatic heterocycles. The second-order valence-corrected chi connectivity index (χ2v) is 5.69. The van der Waals surface area contributed by atoms with E-state index in [1.807, 2.05) is 0 Å². The van der Waals surface area contributed by atoms with Gasteiger partial charge in [0.25, 0.3) is 0 Å². The van der Waals surface area contributed by atoms with Crippen molar-refractivity contribution in [1.82, 2.24) is 4.90 Å². The number of rotatable bonds is 5. The van der Waals surface area contributed by atoms with Crippen LogP contribution in [-0.2, 0) is 11.2 Å². The molecule has 2 unspecified atom stereocenters. The summed E-state index contributed by atoms with van der Waals surface area (Å²) in [6.45, 7) is 6.24. The molecule has 2 heterocycles. The molecule has 0 aliphatic carbocycles. The third kappa shape index (κ3) is 3.78. The molecule has 0 aromatic carbocycles. The van der Waals surface area contributed by atoms with Crippen molar-refractivity contribution in [3.63, 3.8) is 0 Å². The number of ether oxygens (including phenoxy) is 1. The average molecular weight is 254 g/mol. The lowest BCUT2D eigenvalue weighted by Gasteiger charge is -2.35. The Hall–Kier alpha value is -0.420. The topological polar surface area (TPSA) is 38.5 Å². The second kappa shape index (κ2) is 6.50. The van der Waals surface area contributed by atoms with Gasteiger partial charge < -0.3 is 10.5 Å². The van der Waals surface area contributed by atoms with E-state index in [1.54, 1.807) is 11.3 Å². The van der Waals surface area contributed by atoms with E-state index in [9.17, 15) is 0 Å². The van der Waals surface area contributed by atoms with Crippen molar-refractivity contribution in [3.8, 4) is 0 Å². The lowest BCUT2D eigenvalue weighted by Crippen LogP contribution is -2.51. The molecule has 1 aliphatic heterocycles. The van der Waals surface area contributed by atoms with Gasteiger partial charge in [-0.25, -0.2) is 0 Å². The molecule has 17 heavy (non-hydrogen) atoms. The van der Waals surface area contributed by atoms with Crippen LogP contribution in [0.2, 0.25) is 0 Å². The molecule has 1 fully saturated rings. The van der Waals surface area contributed by atoms with E-state index in [1.165, 1.54) is 11.3 Å². The highest BCUT2D eigenvalue weighted by Gasteiger charge is 2.25. The van der Waals surface area contributed by atoms with Gasteiger partial charge in [0.05, 0.1) is 12.7 Å². The van der Waals surface area contributed by atoms with Crippen LogP contribution in [0.3, 0.4) is 0 Å². The van der Waals surface area contributed by atoms with Crippen molar-refractivity contribution in [3.05, 3.63) is 22.4 Å². The van der Waals surface area contributed by atoms with Gasteiger partial charge in [0.2, 0.25) is 0 Å². The summed E-state index contributed by atoms with van der Waals surface area (Å²) in [5.74, 6) is 0. The minimum atomic E-state index is 0.119. The molecule has 0 radical (unpaired) electrons. The van der Waals surface area contributed by atoms with E-state index in [2.05, 4.69) is 29.3 Å². The third-order valence-corrected chi connectivity index (χ3v) is 4.11. The molecule has 0 bridgehead atoms. The highest BCUT2D eigenvalue weighted by molar-refractivity contribution is 7.09. The van der Waals surface area contributed by atoms with Crippen LogP contribution in [0.25, 0.3) is 0 Å². The molecular weight excluding hydrogens is 232 g/mol. The van der Waals surface area contributed by atoms with Gasteiger partial charge in [-0.2, -0.15) is 0 Å². The van der Waals surface area contributed by atoms with E-state index >= 15 is 0 Å². The van der Waals surface area contributed by atoms with Crippen molar-refractivity contribution in [2.45, 2.75) is 31.9 Å². The molecule has 1 saturated heterocycles. The molecule has 1 aliphatic rings. The van der Waals surface area contributed by atoms with Crippen LogP contribution in [0.1, 0.15) is 18.2 Å². The van der Waals surface area contributed by atoms with E-state index in [4.69, 9.17) is 10.5 Å². The van der Waals surface area contributed by atoms with Gasteiger partial charge in [-0.15, -0.1) is 11.3 Å². The first-order chi connectivity index (χ1) is 8.29. The smallest absolute Gasteiger partial charge is 0.0856 e. The Morgan fingerprint density at radius 2 is 2.53 bits per heavy atom. The molecule has 0 saturated carbocycles. The molecule has 2 atom stereocenters.